The fraction of sp³-hybridized carbons (Fsp3) is 0.429. The summed E-state index contributed by atoms with van der Waals surface area (Å²) in [4.78, 5) is 24.5. The van der Waals surface area contributed by atoms with Crippen molar-refractivity contribution in [3.05, 3.63) is 16.0 Å². The maximum Gasteiger partial charge on any atom is 0.251 e. The van der Waals surface area contributed by atoms with E-state index < -0.39 is 5.91 Å². The summed E-state index contributed by atoms with van der Waals surface area (Å²) in [5.41, 5.74) is 6.96. The fourth-order valence-electron chi connectivity index (χ4n) is 2.29. The third kappa shape index (κ3) is 2.96. The summed E-state index contributed by atoms with van der Waals surface area (Å²) in [7, 11) is 0. The number of carbonyl (C=O) groups excluding carboxylic acids is 2. The highest BCUT2D eigenvalue weighted by atomic mass is 32.1. The number of anilines is 1. The molecule has 0 spiro atoms. The van der Waals surface area contributed by atoms with Crippen molar-refractivity contribution in [3.8, 4) is 12.3 Å². The van der Waals surface area contributed by atoms with Gasteiger partial charge in [0.05, 0.1) is 5.56 Å². The van der Waals surface area contributed by atoms with Crippen molar-refractivity contribution in [2.45, 2.75) is 38.5 Å². The van der Waals surface area contributed by atoms with Gasteiger partial charge in [-0.15, -0.1) is 23.7 Å². The van der Waals surface area contributed by atoms with Crippen molar-refractivity contribution in [1.82, 2.24) is 0 Å². The Morgan fingerprint density at radius 2 is 2.11 bits per heavy atom. The highest BCUT2D eigenvalue weighted by Crippen LogP contribution is 2.37. The van der Waals surface area contributed by atoms with E-state index in [1.54, 1.807) is 0 Å². The minimum atomic E-state index is -0.466. The lowest BCUT2D eigenvalue weighted by molar-refractivity contribution is -0.116. The SMILES string of the molecule is C#CCCC(=O)Nc1sc2c(c1C(N)=O)CCCC2. The molecule has 0 saturated carbocycles. The number of aryl methyl sites for hydroxylation is 1. The van der Waals surface area contributed by atoms with E-state index in [2.05, 4.69) is 11.2 Å². The van der Waals surface area contributed by atoms with Crippen LogP contribution in [-0.4, -0.2) is 11.8 Å². The van der Waals surface area contributed by atoms with Gasteiger partial charge in [-0.2, -0.15) is 0 Å². The van der Waals surface area contributed by atoms with Gasteiger partial charge in [-0.3, -0.25) is 9.59 Å². The van der Waals surface area contributed by atoms with Gasteiger partial charge in [-0.05, 0) is 31.2 Å². The summed E-state index contributed by atoms with van der Waals surface area (Å²) >= 11 is 1.47. The molecule has 4 nitrogen and oxygen atoms in total. The van der Waals surface area contributed by atoms with E-state index in [1.807, 2.05) is 0 Å². The Morgan fingerprint density at radius 3 is 2.79 bits per heavy atom. The normalized spacial score (nSPS) is 13.4. The smallest absolute Gasteiger partial charge is 0.251 e. The van der Waals surface area contributed by atoms with Crippen LogP contribution in [-0.2, 0) is 17.6 Å². The Bertz CT molecular complexity index is 555. The molecule has 0 unspecified atom stereocenters. The minimum absolute atomic E-state index is 0.168. The number of nitrogens with two attached hydrogens (primary N) is 1. The zero-order chi connectivity index (χ0) is 13.8. The van der Waals surface area contributed by atoms with Crippen molar-refractivity contribution < 1.29 is 9.59 Å². The number of nitrogens with one attached hydrogen (secondary N) is 1. The second kappa shape index (κ2) is 5.89. The second-order valence-corrected chi connectivity index (χ2v) is 5.64. The molecule has 3 N–H and O–H groups in total. The summed E-state index contributed by atoms with van der Waals surface area (Å²) in [5.74, 6) is 1.79. The average molecular weight is 276 g/mol. The predicted molar refractivity (Wildman–Crippen MR) is 76.2 cm³/mol. The van der Waals surface area contributed by atoms with Gasteiger partial charge in [0.1, 0.15) is 5.00 Å². The van der Waals surface area contributed by atoms with Crippen LogP contribution in [0.5, 0.6) is 0 Å². The van der Waals surface area contributed by atoms with Crippen LogP contribution in [0.3, 0.4) is 0 Å². The summed E-state index contributed by atoms with van der Waals surface area (Å²) in [6, 6.07) is 0. The van der Waals surface area contributed by atoms with Gasteiger partial charge < -0.3 is 11.1 Å². The van der Waals surface area contributed by atoms with Gasteiger partial charge in [0, 0.05) is 17.7 Å². The zero-order valence-electron chi connectivity index (χ0n) is 10.6. The summed E-state index contributed by atoms with van der Waals surface area (Å²) in [6.45, 7) is 0. The molecule has 0 radical (unpaired) electrons. The minimum Gasteiger partial charge on any atom is -0.365 e. The van der Waals surface area contributed by atoms with Gasteiger partial charge in [-0.25, -0.2) is 0 Å². The molecular weight excluding hydrogens is 260 g/mol. The van der Waals surface area contributed by atoms with E-state index >= 15 is 0 Å². The largest absolute Gasteiger partial charge is 0.365 e. The molecular formula is C14H16N2O2S. The quantitative estimate of drug-likeness (QED) is 0.826. The monoisotopic (exact) mass is 276 g/mol. The van der Waals surface area contributed by atoms with Crippen LogP contribution >= 0.6 is 11.3 Å². The molecule has 2 rings (SSSR count). The van der Waals surface area contributed by atoms with E-state index in [0.717, 1.165) is 31.2 Å². The Hall–Kier alpha value is -1.80. The molecule has 0 aromatic carbocycles. The standard InChI is InChI=1S/C14H16N2O2S/c1-2-3-8-11(17)16-14-12(13(15)18)9-6-4-5-7-10(9)19-14/h1H,3-8H2,(H2,15,18)(H,16,17). The van der Waals surface area contributed by atoms with Gasteiger partial charge >= 0.3 is 0 Å². The van der Waals surface area contributed by atoms with Crippen LogP contribution < -0.4 is 11.1 Å². The molecule has 1 aromatic heterocycles. The molecule has 1 aliphatic rings. The number of rotatable bonds is 4. The molecule has 0 fully saturated rings. The summed E-state index contributed by atoms with van der Waals surface area (Å²) in [5, 5.41) is 3.35. The predicted octanol–water partition coefficient (Wildman–Crippen LogP) is 2.08. The number of carbonyl (C=O) groups is 2. The summed E-state index contributed by atoms with van der Waals surface area (Å²) < 4.78 is 0. The maximum absolute atomic E-state index is 11.7. The van der Waals surface area contributed by atoms with E-state index in [1.165, 1.54) is 16.2 Å². The topological polar surface area (TPSA) is 72.2 Å². The molecule has 1 heterocycles. The van der Waals surface area contributed by atoms with Crippen LogP contribution in [0.1, 0.15) is 46.5 Å². The van der Waals surface area contributed by atoms with Gasteiger partial charge in [0.2, 0.25) is 5.91 Å². The number of fused-ring (bicyclic) bond motifs is 1. The van der Waals surface area contributed by atoms with Gasteiger partial charge in [0.15, 0.2) is 0 Å². The van der Waals surface area contributed by atoms with Crippen LogP contribution in [0.4, 0.5) is 5.00 Å². The van der Waals surface area contributed by atoms with Crippen LogP contribution in [0.15, 0.2) is 0 Å². The Kier molecular flexibility index (Phi) is 4.23. The first-order valence-electron chi connectivity index (χ1n) is 6.31. The number of terminal acetylenes is 1. The molecule has 0 aliphatic heterocycles. The third-order valence-electron chi connectivity index (χ3n) is 3.17. The second-order valence-electron chi connectivity index (χ2n) is 4.53. The number of amides is 2. The van der Waals surface area contributed by atoms with E-state index in [-0.39, 0.29) is 12.3 Å². The van der Waals surface area contributed by atoms with Crippen molar-refractivity contribution in [1.29, 1.82) is 0 Å². The highest BCUT2D eigenvalue weighted by Gasteiger charge is 2.24. The van der Waals surface area contributed by atoms with E-state index in [0.29, 0.717) is 17.0 Å². The first-order chi connectivity index (χ1) is 9.13. The molecule has 100 valence electrons. The number of hydrogen-bond acceptors (Lipinski definition) is 3. The van der Waals surface area contributed by atoms with Crippen molar-refractivity contribution >= 4 is 28.2 Å². The Labute approximate surface area is 116 Å². The number of hydrogen-bond donors (Lipinski definition) is 2. The maximum atomic E-state index is 11.7. The van der Waals surface area contributed by atoms with Crippen molar-refractivity contribution in [2.75, 3.05) is 5.32 Å². The van der Waals surface area contributed by atoms with Crippen molar-refractivity contribution in [3.63, 3.8) is 0 Å². The lowest BCUT2D eigenvalue weighted by atomic mass is 9.95. The number of thiophene rings is 1. The third-order valence-corrected chi connectivity index (χ3v) is 4.37. The van der Waals surface area contributed by atoms with E-state index in [9.17, 15) is 9.59 Å². The Morgan fingerprint density at radius 1 is 1.37 bits per heavy atom. The average Bonchev–Trinajstić information content (AvgIpc) is 2.74. The molecule has 0 atom stereocenters. The first-order valence-corrected chi connectivity index (χ1v) is 7.12. The summed E-state index contributed by atoms with van der Waals surface area (Å²) in [6.07, 6.45) is 9.79. The molecule has 1 aliphatic carbocycles. The van der Waals surface area contributed by atoms with E-state index in [4.69, 9.17) is 12.2 Å². The van der Waals surface area contributed by atoms with Crippen LogP contribution in [0, 0.1) is 12.3 Å². The molecule has 1 aromatic rings. The van der Waals surface area contributed by atoms with Crippen LogP contribution in [0.2, 0.25) is 0 Å². The molecule has 5 heteroatoms. The fourth-order valence-corrected chi connectivity index (χ4v) is 3.60. The van der Waals surface area contributed by atoms with Crippen LogP contribution in [0.25, 0.3) is 0 Å². The highest BCUT2D eigenvalue weighted by molar-refractivity contribution is 7.17. The Balaban J connectivity index is 2.25. The van der Waals surface area contributed by atoms with Gasteiger partial charge in [-0.1, -0.05) is 0 Å². The molecule has 0 saturated heterocycles. The van der Waals surface area contributed by atoms with Gasteiger partial charge in [0.25, 0.3) is 5.91 Å². The zero-order valence-corrected chi connectivity index (χ0v) is 11.4. The first kappa shape index (κ1) is 13.6. The molecule has 0 bridgehead atoms. The van der Waals surface area contributed by atoms with Crippen molar-refractivity contribution in [2.24, 2.45) is 5.73 Å². The lowest BCUT2D eigenvalue weighted by Gasteiger charge is -2.11. The molecule has 2 amide bonds. The molecule has 19 heavy (non-hydrogen) atoms. The lowest BCUT2D eigenvalue weighted by Crippen LogP contribution is -2.18. The number of primary amides is 1.